The molecule has 0 aliphatic rings. The summed E-state index contributed by atoms with van der Waals surface area (Å²) < 4.78 is 16.0. The van der Waals surface area contributed by atoms with Crippen LogP contribution < -0.4 is 20.1 Å². The summed E-state index contributed by atoms with van der Waals surface area (Å²) in [5.74, 6) is 2.37. The van der Waals surface area contributed by atoms with Crippen molar-refractivity contribution in [1.82, 2.24) is 15.5 Å². The van der Waals surface area contributed by atoms with Crippen LogP contribution in [0, 0.1) is 13.8 Å². The van der Waals surface area contributed by atoms with Crippen LogP contribution in [0.5, 0.6) is 11.5 Å². The lowest BCUT2D eigenvalue weighted by Crippen LogP contribution is -2.39. The zero-order valence-corrected chi connectivity index (χ0v) is 21.4. The van der Waals surface area contributed by atoms with Crippen molar-refractivity contribution in [2.24, 2.45) is 4.99 Å². The molecule has 0 aliphatic carbocycles. The second-order valence-corrected chi connectivity index (χ2v) is 7.01. The molecule has 0 spiro atoms. The number of hydrogen-bond acceptors (Lipinski definition) is 5. The van der Waals surface area contributed by atoms with Crippen molar-refractivity contribution in [3.8, 4) is 11.5 Å². The number of rotatable bonds is 9. The van der Waals surface area contributed by atoms with Gasteiger partial charge in [0.1, 0.15) is 0 Å². The highest BCUT2D eigenvalue weighted by Crippen LogP contribution is 2.30. The van der Waals surface area contributed by atoms with Crippen LogP contribution in [0.1, 0.15) is 33.7 Å². The fourth-order valence-electron chi connectivity index (χ4n) is 3.08. The molecular formula is C22H33IN4O4. The molecule has 1 aromatic heterocycles. The molecule has 8 nitrogen and oxygen atoms in total. The lowest BCUT2D eigenvalue weighted by Gasteiger charge is -2.23. The third-order valence-electron chi connectivity index (χ3n) is 4.81. The average molecular weight is 544 g/mol. The topological polar surface area (TPSA) is 88.3 Å². The zero-order valence-electron chi connectivity index (χ0n) is 19.1. The summed E-state index contributed by atoms with van der Waals surface area (Å²) >= 11 is 0. The average Bonchev–Trinajstić information content (AvgIpc) is 3.17. The molecular weight excluding hydrogens is 511 g/mol. The maximum absolute atomic E-state index is 12.0. The van der Waals surface area contributed by atoms with Gasteiger partial charge in [-0.2, -0.15) is 0 Å². The Labute approximate surface area is 201 Å². The maximum atomic E-state index is 12.0. The van der Waals surface area contributed by atoms with E-state index in [1.165, 1.54) is 6.26 Å². The summed E-state index contributed by atoms with van der Waals surface area (Å²) in [4.78, 5) is 18.4. The Kier molecular flexibility index (Phi) is 11.2. The van der Waals surface area contributed by atoms with Crippen LogP contribution in [-0.4, -0.2) is 58.2 Å². The molecule has 1 heterocycles. The molecule has 0 saturated carbocycles. The number of aryl methyl sites for hydroxylation is 2. The number of halogens is 1. The van der Waals surface area contributed by atoms with E-state index in [9.17, 15) is 4.79 Å². The van der Waals surface area contributed by atoms with Gasteiger partial charge >= 0.3 is 0 Å². The summed E-state index contributed by atoms with van der Waals surface area (Å²) in [7, 11) is 6.99. The van der Waals surface area contributed by atoms with Crippen LogP contribution in [0.4, 0.5) is 0 Å². The summed E-state index contributed by atoms with van der Waals surface area (Å²) in [5.41, 5.74) is 3.07. The van der Waals surface area contributed by atoms with E-state index in [2.05, 4.69) is 15.6 Å². The summed E-state index contributed by atoms with van der Waals surface area (Å²) in [5, 5.41) is 6.19. The first-order valence-electron chi connectivity index (χ1n) is 9.86. The number of hydrogen-bond donors (Lipinski definition) is 2. The van der Waals surface area contributed by atoms with Crippen molar-refractivity contribution in [2.75, 3.05) is 41.4 Å². The zero-order chi connectivity index (χ0) is 22.1. The van der Waals surface area contributed by atoms with Gasteiger partial charge in [0.15, 0.2) is 23.2 Å². The fourth-order valence-corrected chi connectivity index (χ4v) is 3.08. The Morgan fingerprint density at radius 1 is 1.10 bits per heavy atom. The first-order valence-corrected chi connectivity index (χ1v) is 9.86. The number of ether oxygens (including phenoxy) is 2. The van der Waals surface area contributed by atoms with Gasteiger partial charge in [-0.05, 0) is 49.6 Å². The van der Waals surface area contributed by atoms with Crippen molar-refractivity contribution in [2.45, 2.75) is 26.8 Å². The molecule has 1 amide bonds. The summed E-state index contributed by atoms with van der Waals surface area (Å²) in [6.07, 6.45) is 2.28. The highest BCUT2D eigenvalue weighted by molar-refractivity contribution is 14.0. The second-order valence-electron chi connectivity index (χ2n) is 7.01. The van der Waals surface area contributed by atoms with Crippen LogP contribution in [0.25, 0.3) is 0 Å². The van der Waals surface area contributed by atoms with E-state index in [1.807, 2.05) is 37.9 Å². The first kappa shape index (κ1) is 26.6. The molecule has 1 aromatic carbocycles. The lowest BCUT2D eigenvalue weighted by atomic mass is 10.1. The van der Waals surface area contributed by atoms with E-state index in [0.717, 1.165) is 34.8 Å². The van der Waals surface area contributed by atoms with Gasteiger partial charge in [-0.25, -0.2) is 0 Å². The van der Waals surface area contributed by atoms with E-state index < -0.39 is 0 Å². The number of amides is 1. The van der Waals surface area contributed by atoms with Crippen LogP contribution in [0.3, 0.4) is 0 Å². The highest BCUT2D eigenvalue weighted by atomic mass is 127. The number of methoxy groups -OCH3 is 2. The van der Waals surface area contributed by atoms with Crippen molar-refractivity contribution in [1.29, 1.82) is 0 Å². The van der Waals surface area contributed by atoms with Gasteiger partial charge in [-0.15, -0.1) is 24.0 Å². The Hall–Kier alpha value is -2.43. The minimum atomic E-state index is -0.192. The normalized spacial score (nSPS) is 10.8. The minimum absolute atomic E-state index is 0. The molecule has 31 heavy (non-hydrogen) atoms. The minimum Gasteiger partial charge on any atom is -0.493 e. The van der Waals surface area contributed by atoms with Gasteiger partial charge in [0.2, 0.25) is 0 Å². The van der Waals surface area contributed by atoms with Crippen molar-refractivity contribution in [3.05, 3.63) is 46.9 Å². The molecule has 0 unspecified atom stereocenters. The Morgan fingerprint density at radius 2 is 1.74 bits per heavy atom. The Morgan fingerprint density at radius 3 is 2.32 bits per heavy atom. The highest BCUT2D eigenvalue weighted by Gasteiger charge is 2.13. The molecule has 0 bridgehead atoms. The number of aliphatic imine (C=N–C) groups is 1. The second kappa shape index (κ2) is 13.1. The Balaban J connectivity index is 0.00000480. The van der Waals surface area contributed by atoms with Gasteiger partial charge in [-0.3, -0.25) is 9.79 Å². The third kappa shape index (κ3) is 7.34. The molecule has 9 heteroatoms. The molecule has 2 N–H and O–H groups in total. The fraction of sp³-hybridized carbons (Fsp3) is 0.455. The van der Waals surface area contributed by atoms with Crippen molar-refractivity contribution < 1.29 is 18.7 Å². The van der Waals surface area contributed by atoms with E-state index in [1.54, 1.807) is 27.3 Å². The molecule has 172 valence electrons. The quantitative estimate of drug-likeness (QED) is 0.218. The molecule has 0 fully saturated rings. The Bertz CT molecular complexity index is 882. The van der Waals surface area contributed by atoms with E-state index in [-0.39, 0.29) is 29.9 Å². The van der Waals surface area contributed by atoms with Crippen molar-refractivity contribution >= 4 is 35.8 Å². The standard InChI is InChI=1S/C22H32N4O4.HI/c1-15-8-11-30-20(15)21(27)24-9-7-10-25-22(23-3)26(4)14-17-13-19(29-6)18(28-5)12-16(17)2;/h8,11-13H,7,9-10,14H2,1-6H3,(H,23,25)(H,24,27);1H. The van der Waals surface area contributed by atoms with Crippen LogP contribution in [-0.2, 0) is 6.54 Å². The van der Waals surface area contributed by atoms with Gasteiger partial charge in [0, 0.05) is 39.3 Å². The van der Waals surface area contributed by atoms with Crippen LogP contribution >= 0.6 is 24.0 Å². The number of nitrogens with one attached hydrogen (secondary N) is 2. The van der Waals surface area contributed by atoms with E-state index in [4.69, 9.17) is 13.9 Å². The van der Waals surface area contributed by atoms with Gasteiger partial charge in [0.25, 0.3) is 5.91 Å². The molecule has 0 radical (unpaired) electrons. The molecule has 2 aromatic rings. The number of nitrogens with zero attached hydrogens (tertiary/aromatic N) is 2. The monoisotopic (exact) mass is 544 g/mol. The van der Waals surface area contributed by atoms with E-state index >= 15 is 0 Å². The number of furan rings is 1. The summed E-state index contributed by atoms with van der Waals surface area (Å²) in [6.45, 7) is 5.78. The number of carbonyl (C=O) groups excluding carboxylic acids is 1. The lowest BCUT2D eigenvalue weighted by molar-refractivity contribution is 0.0925. The largest absolute Gasteiger partial charge is 0.493 e. The number of carbonyl (C=O) groups is 1. The summed E-state index contributed by atoms with van der Waals surface area (Å²) in [6, 6.07) is 5.74. The predicted octanol–water partition coefficient (Wildman–Crippen LogP) is 3.36. The van der Waals surface area contributed by atoms with Crippen LogP contribution in [0.15, 0.2) is 33.9 Å². The van der Waals surface area contributed by atoms with Gasteiger partial charge in [-0.1, -0.05) is 0 Å². The van der Waals surface area contributed by atoms with E-state index in [0.29, 0.717) is 31.1 Å². The predicted molar refractivity (Wildman–Crippen MR) is 133 cm³/mol. The van der Waals surface area contributed by atoms with Gasteiger partial charge in [0.05, 0.1) is 20.5 Å². The molecule has 2 rings (SSSR count). The molecule has 0 atom stereocenters. The SMILES string of the molecule is CN=C(NCCCNC(=O)c1occc1C)N(C)Cc1cc(OC)c(OC)cc1C.I. The smallest absolute Gasteiger partial charge is 0.287 e. The molecule has 0 saturated heterocycles. The molecule has 0 aliphatic heterocycles. The van der Waals surface area contributed by atoms with Crippen LogP contribution in [0.2, 0.25) is 0 Å². The number of benzene rings is 1. The first-order chi connectivity index (χ1) is 14.4. The van der Waals surface area contributed by atoms with Gasteiger partial charge < -0.3 is 29.4 Å². The van der Waals surface area contributed by atoms with Crippen molar-refractivity contribution in [3.63, 3.8) is 0 Å². The third-order valence-corrected chi connectivity index (χ3v) is 4.81. The maximum Gasteiger partial charge on any atom is 0.287 e. The number of guanidine groups is 1.